The molecule has 2 N–H and O–H groups in total. The molecule has 0 atom stereocenters. The third-order valence-electron chi connectivity index (χ3n) is 4.06. The minimum atomic E-state index is -0.331. The lowest BCUT2D eigenvalue weighted by molar-refractivity contribution is -0.117. The van der Waals surface area contributed by atoms with E-state index in [0.29, 0.717) is 18.1 Å². The number of thioether (sulfide) groups is 1. The Morgan fingerprint density at radius 2 is 1.85 bits per heavy atom. The summed E-state index contributed by atoms with van der Waals surface area (Å²) in [6, 6.07) is 15.1. The van der Waals surface area contributed by atoms with Crippen LogP contribution in [0, 0.1) is 0 Å². The summed E-state index contributed by atoms with van der Waals surface area (Å²) in [7, 11) is 0. The lowest BCUT2D eigenvalue weighted by atomic mass is 10.2. The molecule has 2 aromatic rings. The molecule has 7 heteroatoms. The van der Waals surface area contributed by atoms with Crippen LogP contribution in [-0.2, 0) is 11.2 Å². The summed E-state index contributed by atoms with van der Waals surface area (Å²) >= 11 is 7.48. The monoisotopic (exact) mass is 389 g/mol. The highest BCUT2D eigenvalue weighted by Gasteiger charge is 2.23. The van der Waals surface area contributed by atoms with E-state index in [4.69, 9.17) is 11.6 Å². The van der Waals surface area contributed by atoms with Crippen molar-refractivity contribution < 1.29 is 9.59 Å². The van der Waals surface area contributed by atoms with E-state index in [0.717, 1.165) is 22.8 Å². The lowest BCUT2D eigenvalue weighted by Gasteiger charge is -2.17. The second-order valence-electron chi connectivity index (χ2n) is 5.84. The fraction of sp³-hybridized carbons (Fsp3) is 0.263. The number of halogens is 1. The molecule has 0 aliphatic carbocycles. The van der Waals surface area contributed by atoms with Crippen molar-refractivity contribution in [1.82, 2.24) is 10.6 Å². The van der Waals surface area contributed by atoms with Gasteiger partial charge >= 0.3 is 6.03 Å². The van der Waals surface area contributed by atoms with Crippen LogP contribution in [0.2, 0.25) is 5.02 Å². The summed E-state index contributed by atoms with van der Waals surface area (Å²) in [6.07, 6.45) is 0.857. The number of hydrogen-bond donors (Lipinski definition) is 2. The van der Waals surface area contributed by atoms with Crippen molar-refractivity contribution >= 4 is 41.0 Å². The minimum Gasteiger partial charge on any atom is -0.337 e. The molecule has 3 rings (SSSR count). The van der Waals surface area contributed by atoms with Crippen LogP contribution in [0.1, 0.15) is 5.56 Å². The predicted octanol–water partition coefficient (Wildman–Crippen LogP) is 3.32. The largest absolute Gasteiger partial charge is 0.337 e. The number of carbonyl (C=O) groups is 2. The Kier molecular flexibility index (Phi) is 6.41. The fourth-order valence-corrected chi connectivity index (χ4v) is 3.67. The zero-order valence-electron chi connectivity index (χ0n) is 14.2. The molecule has 1 heterocycles. The first-order valence-corrected chi connectivity index (χ1v) is 9.78. The molecule has 5 nitrogen and oxygen atoms in total. The molecule has 0 bridgehead atoms. The molecule has 2 aromatic carbocycles. The Morgan fingerprint density at radius 1 is 1.08 bits per heavy atom. The highest BCUT2D eigenvalue weighted by molar-refractivity contribution is 7.99. The van der Waals surface area contributed by atoms with Gasteiger partial charge in [-0.05, 0) is 42.3 Å². The van der Waals surface area contributed by atoms with E-state index in [1.54, 1.807) is 16.7 Å². The Labute approximate surface area is 162 Å². The smallest absolute Gasteiger partial charge is 0.315 e. The number of benzene rings is 2. The van der Waals surface area contributed by atoms with Gasteiger partial charge < -0.3 is 15.5 Å². The maximum absolute atomic E-state index is 12.3. The normalized spacial score (nSPS) is 12.6. The van der Waals surface area contributed by atoms with Gasteiger partial charge in [-0.3, -0.25) is 4.79 Å². The predicted molar refractivity (Wildman–Crippen MR) is 106 cm³/mol. The van der Waals surface area contributed by atoms with E-state index in [9.17, 15) is 9.59 Å². The molecule has 0 unspecified atom stereocenters. The molecule has 0 spiro atoms. The van der Waals surface area contributed by atoms with Crippen molar-refractivity contribution in [2.24, 2.45) is 0 Å². The van der Waals surface area contributed by atoms with E-state index in [1.165, 1.54) is 5.56 Å². The minimum absolute atomic E-state index is 0.00943. The third-order valence-corrected chi connectivity index (χ3v) is 5.32. The highest BCUT2D eigenvalue weighted by atomic mass is 35.5. The van der Waals surface area contributed by atoms with Gasteiger partial charge in [0, 0.05) is 34.4 Å². The van der Waals surface area contributed by atoms with Crippen LogP contribution in [0.25, 0.3) is 0 Å². The molecule has 1 aliphatic rings. The molecular weight excluding hydrogens is 370 g/mol. The summed E-state index contributed by atoms with van der Waals surface area (Å²) in [6.45, 7) is 1.17. The first-order chi connectivity index (χ1) is 12.6. The van der Waals surface area contributed by atoms with Crippen LogP contribution in [0.3, 0.4) is 0 Å². The van der Waals surface area contributed by atoms with Crippen molar-refractivity contribution in [3.05, 3.63) is 59.1 Å². The van der Waals surface area contributed by atoms with Gasteiger partial charge in [-0.1, -0.05) is 29.8 Å². The average Bonchev–Trinajstić information content (AvgIpc) is 3.09. The summed E-state index contributed by atoms with van der Waals surface area (Å²) in [4.78, 5) is 27.0. The maximum atomic E-state index is 12.3. The molecule has 0 saturated carbocycles. The van der Waals surface area contributed by atoms with E-state index in [2.05, 4.69) is 10.6 Å². The van der Waals surface area contributed by atoms with Gasteiger partial charge in [0.2, 0.25) is 5.91 Å². The molecule has 1 aliphatic heterocycles. The van der Waals surface area contributed by atoms with Crippen molar-refractivity contribution in [3.8, 4) is 0 Å². The van der Waals surface area contributed by atoms with E-state index >= 15 is 0 Å². The van der Waals surface area contributed by atoms with Crippen molar-refractivity contribution in [2.45, 2.75) is 11.3 Å². The maximum Gasteiger partial charge on any atom is 0.315 e. The third kappa shape index (κ3) is 4.93. The summed E-state index contributed by atoms with van der Waals surface area (Å²) < 4.78 is 0. The Balaban J connectivity index is 1.35. The van der Waals surface area contributed by atoms with Gasteiger partial charge in [0.25, 0.3) is 0 Å². The molecule has 3 amide bonds. The number of nitrogens with one attached hydrogen (secondary N) is 2. The van der Waals surface area contributed by atoms with Gasteiger partial charge in [0.05, 0.1) is 6.54 Å². The second-order valence-corrected chi connectivity index (χ2v) is 7.44. The second kappa shape index (κ2) is 8.96. The van der Waals surface area contributed by atoms with Crippen LogP contribution < -0.4 is 15.5 Å². The van der Waals surface area contributed by atoms with E-state index in [-0.39, 0.29) is 18.5 Å². The van der Waals surface area contributed by atoms with E-state index < -0.39 is 0 Å². The Morgan fingerprint density at radius 3 is 2.65 bits per heavy atom. The van der Waals surface area contributed by atoms with Gasteiger partial charge in [-0.15, -0.1) is 11.8 Å². The van der Waals surface area contributed by atoms with Crippen LogP contribution >= 0.6 is 23.4 Å². The Hall–Kier alpha value is -2.18. The van der Waals surface area contributed by atoms with Gasteiger partial charge in [-0.25, -0.2) is 4.79 Å². The topological polar surface area (TPSA) is 61.4 Å². The zero-order valence-corrected chi connectivity index (χ0v) is 15.8. The zero-order chi connectivity index (χ0) is 18.4. The number of hydrogen-bond acceptors (Lipinski definition) is 3. The summed E-state index contributed by atoms with van der Waals surface area (Å²) in [5.41, 5.74) is 2.11. The van der Waals surface area contributed by atoms with Crippen LogP contribution in [0.15, 0.2) is 53.4 Å². The van der Waals surface area contributed by atoms with Gasteiger partial charge in [-0.2, -0.15) is 0 Å². The Bertz CT molecular complexity index is 783. The molecule has 26 heavy (non-hydrogen) atoms. The number of fused-ring (bicyclic) bond motifs is 1. The molecule has 136 valence electrons. The fourth-order valence-electron chi connectivity index (χ4n) is 2.78. The first kappa shape index (κ1) is 18.6. The van der Waals surface area contributed by atoms with Gasteiger partial charge in [0.1, 0.15) is 0 Å². The standard InChI is InChI=1S/C19H20ClN3O2S/c20-15-5-7-16(8-6-15)26-12-10-21-19(25)22-13-18(24)23-11-9-14-3-1-2-4-17(14)23/h1-8H,9-13H2,(H2,21,22,25). The molecule has 0 saturated heterocycles. The van der Waals surface area contributed by atoms with Gasteiger partial charge in [0.15, 0.2) is 0 Å². The van der Waals surface area contributed by atoms with Crippen LogP contribution in [0.5, 0.6) is 0 Å². The summed E-state index contributed by atoms with van der Waals surface area (Å²) in [5, 5.41) is 6.10. The average molecular weight is 390 g/mol. The number of nitrogens with zero attached hydrogens (tertiary/aromatic N) is 1. The number of anilines is 1. The number of carbonyl (C=O) groups excluding carboxylic acids is 2. The number of rotatable bonds is 6. The number of urea groups is 1. The van der Waals surface area contributed by atoms with Crippen molar-refractivity contribution in [1.29, 1.82) is 0 Å². The molecule has 0 radical (unpaired) electrons. The summed E-state index contributed by atoms with van der Waals surface area (Å²) in [5.74, 6) is 0.642. The molecular formula is C19H20ClN3O2S. The quantitative estimate of drug-likeness (QED) is 0.588. The molecule has 0 aromatic heterocycles. The van der Waals surface area contributed by atoms with Crippen molar-refractivity contribution in [2.75, 3.05) is 30.3 Å². The van der Waals surface area contributed by atoms with E-state index in [1.807, 2.05) is 48.5 Å². The SMILES string of the molecule is O=C(NCCSc1ccc(Cl)cc1)NCC(=O)N1CCc2ccccc21. The number of amides is 3. The first-order valence-electron chi connectivity index (χ1n) is 8.42. The number of para-hydroxylation sites is 1. The van der Waals surface area contributed by atoms with Crippen LogP contribution in [-0.4, -0.2) is 37.3 Å². The lowest BCUT2D eigenvalue weighted by Crippen LogP contribution is -2.43. The van der Waals surface area contributed by atoms with Crippen LogP contribution in [0.4, 0.5) is 10.5 Å². The molecule has 0 fully saturated rings. The van der Waals surface area contributed by atoms with Crippen molar-refractivity contribution in [3.63, 3.8) is 0 Å². The highest BCUT2D eigenvalue weighted by Crippen LogP contribution is 2.27.